The molecule has 6 nitrogen and oxygen atoms in total. The summed E-state index contributed by atoms with van der Waals surface area (Å²) in [5.74, 6) is -1.11. The summed E-state index contributed by atoms with van der Waals surface area (Å²) >= 11 is 0. The van der Waals surface area contributed by atoms with E-state index in [1.807, 2.05) is 0 Å². The largest absolute Gasteiger partial charge is 0.455 e. The minimum atomic E-state index is -0.513. The van der Waals surface area contributed by atoms with Crippen LogP contribution in [0.25, 0.3) is 0 Å². The Kier molecular flexibility index (Phi) is 6.34. The third-order valence-corrected chi connectivity index (χ3v) is 3.90. The van der Waals surface area contributed by atoms with Gasteiger partial charge in [-0.25, -0.2) is 4.79 Å². The van der Waals surface area contributed by atoms with Crippen LogP contribution in [0.5, 0.6) is 0 Å². The van der Waals surface area contributed by atoms with Gasteiger partial charge in [-0.1, -0.05) is 12.2 Å². The molecule has 0 radical (unpaired) electrons. The maximum absolute atomic E-state index is 11.9. The molecule has 1 unspecified atom stereocenters. The molecule has 0 aromatic carbocycles. The minimum Gasteiger partial charge on any atom is -0.455 e. The Bertz CT molecular complexity index is 556. The highest BCUT2D eigenvalue weighted by Gasteiger charge is 2.38. The third-order valence-electron chi connectivity index (χ3n) is 3.90. The molecule has 132 valence electrons. The van der Waals surface area contributed by atoms with Gasteiger partial charge in [0, 0.05) is 39.1 Å². The summed E-state index contributed by atoms with van der Waals surface area (Å²) in [5, 5.41) is 0. The fourth-order valence-electron chi connectivity index (χ4n) is 2.62. The Labute approximate surface area is 142 Å². The fraction of sp³-hybridized carbons (Fsp3) is 0.556. The molecule has 1 atom stereocenters. The Morgan fingerprint density at radius 2 is 2.00 bits per heavy atom. The van der Waals surface area contributed by atoms with Crippen LogP contribution >= 0.6 is 0 Å². The molecule has 2 aliphatic rings. The molecule has 1 saturated heterocycles. The van der Waals surface area contributed by atoms with Crippen LogP contribution in [-0.2, 0) is 23.8 Å². The third kappa shape index (κ3) is 5.32. The van der Waals surface area contributed by atoms with Gasteiger partial charge in [-0.05, 0) is 25.0 Å². The zero-order valence-corrected chi connectivity index (χ0v) is 14.5. The molecule has 0 aromatic heterocycles. The second-order valence-electron chi connectivity index (χ2n) is 6.17. The number of ether oxygens (including phenoxy) is 3. The monoisotopic (exact) mass is 335 g/mol. The van der Waals surface area contributed by atoms with Crippen LogP contribution in [0.4, 0.5) is 0 Å². The van der Waals surface area contributed by atoms with Crippen molar-refractivity contribution < 1.29 is 23.8 Å². The van der Waals surface area contributed by atoms with E-state index in [1.54, 1.807) is 33.2 Å². The molecule has 1 amide bonds. The zero-order chi connectivity index (χ0) is 17.6. The van der Waals surface area contributed by atoms with E-state index < -0.39 is 17.9 Å². The van der Waals surface area contributed by atoms with Crippen molar-refractivity contribution in [1.82, 2.24) is 4.90 Å². The molecule has 2 rings (SSSR count). The number of carbonyl (C=O) groups excluding carboxylic acids is 2. The predicted molar refractivity (Wildman–Crippen MR) is 89.1 cm³/mol. The number of likely N-dealkylation sites (N-methyl/N-ethyl adjacent to an activating group) is 1. The lowest BCUT2D eigenvalue weighted by Gasteiger charge is -2.30. The van der Waals surface area contributed by atoms with Crippen LogP contribution in [0.2, 0.25) is 0 Å². The number of hydrogen-bond donors (Lipinski definition) is 0. The van der Waals surface area contributed by atoms with Crippen molar-refractivity contribution in [3.05, 3.63) is 36.0 Å². The van der Waals surface area contributed by atoms with E-state index in [1.165, 1.54) is 17.1 Å². The van der Waals surface area contributed by atoms with Gasteiger partial charge < -0.3 is 19.1 Å². The number of carbonyl (C=O) groups is 2. The molecule has 0 bridgehead atoms. The molecule has 0 saturated carbocycles. The van der Waals surface area contributed by atoms with Crippen molar-refractivity contribution in [2.75, 3.05) is 27.3 Å². The number of allylic oxidation sites excluding steroid dienone is 2. The maximum Gasteiger partial charge on any atom is 0.331 e. The number of nitrogens with zero attached hydrogens (tertiary/aromatic N) is 1. The Morgan fingerprint density at radius 3 is 2.67 bits per heavy atom. The number of rotatable bonds is 5. The molecule has 0 N–H and O–H groups in total. The highest BCUT2D eigenvalue weighted by molar-refractivity contribution is 5.87. The second-order valence-corrected chi connectivity index (χ2v) is 6.17. The van der Waals surface area contributed by atoms with E-state index >= 15 is 0 Å². The summed E-state index contributed by atoms with van der Waals surface area (Å²) in [6.45, 7) is 2.95. The first-order valence-electron chi connectivity index (χ1n) is 8.15. The van der Waals surface area contributed by atoms with E-state index in [4.69, 9.17) is 14.2 Å². The molecule has 0 aromatic rings. The fourth-order valence-corrected chi connectivity index (χ4v) is 2.62. The molecule has 1 spiro atoms. The number of amides is 1. The normalized spacial score (nSPS) is 21.2. The van der Waals surface area contributed by atoms with Crippen molar-refractivity contribution in [3.63, 3.8) is 0 Å². The van der Waals surface area contributed by atoms with Crippen LogP contribution in [0, 0.1) is 0 Å². The van der Waals surface area contributed by atoms with E-state index in [0.717, 1.165) is 18.4 Å². The molecular formula is C18H25NO5. The zero-order valence-electron chi connectivity index (χ0n) is 14.5. The average molecular weight is 335 g/mol. The van der Waals surface area contributed by atoms with Crippen LogP contribution in [0.3, 0.4) is 0 Å². The van der Waals surface area contributed by atoms with Crippen LogP contribution in [0.15, 0.2) is 36.0 Å². The van der Waals surface area contributed by atoms with Crippen LogP contribution in [0.1, 0.15) is 26.2 Å². The first kappa shape index (κ1) is 18.4. The van der Waals surface area contributed by atoms with Gasteiger partial charge in [0.2, 0.25) is 5.91 Å². The standard InChI is InChI=1S/C18H25NO5/c1-14(6-8-16(20)19(2)3)24-17(21)9-7-15-5-4-10-18(13-15)22-11-12-23-18/h5-9,14H,4,10-13H2,1-3H3/b8-6-,9-7+. The van der Waals surface area contributed by atoms with Crippen molar-refractivity contribution in [2.45, 2.75) is 38.1 Å². The Hall–Kier alpha value is -1.92. The van der Waals surface area contributed by atoms with Gasteiger partial charge in [0.25, 0.3) is 0 Å². The maximum atomic E-state index is 11.9. The van der Waals surface area contributed by atoms with Crippen LogP contribution in [-0.4, -0.2) is 56.0 Å². The van der Waals surface area contributed by atoms with Gasteiger partial charge in [0.15, 0.2) is 5.79 Å². The van der Waals surface area contributed by atoms with E-state index in [9.17, 15) is 9.59 Å². The summed E-state index contributed by atoms with van der Waals surface area (Å²) in [6.07, 6.45) is 10.1. The van der Waals surface area contributed by atoms with E-state index in [2.05, 4.69) is 6.08 Å². The minimum absolute atomic E-state index is 0.150. The molecule has 24 heavy (non-hydrogen) atoms. The van der Waals surface area contributed by atoms with E-state index in [0.29, 0.717) is 19.6 Å². The van der Waals surface area contributed by atoms with Gasteiger partial charge >= 0.3 is 5.97 Å². The van der Waals surface area contributed by atoms with Crippen molar-refractivity contribution in [1.29, 1.82) is 0 Å². The lowest BCUT2D eigenvalue weighted by atomic mass is 9.93. The summed E-state index contributed by atoms with van der Waals surface area (Å²) in [5.41, 5.74) is 1.01. The second kappa shape index (κ2) is 8.26. The average Bonchev–Trinajstić information content (AvgIpc) is 2.98. The SMILES string of the molecule is CC(/C=C\C(=O)N(C)C)OC(=O)/C=C/C1=CCCC2(C1)OCCO2. The Balaban J connectivity index is 1.82. The molecule has 1 heterocycles. The van der Waals surface area contributed by atoms with E-state index in [-0.39, 0.29) is 5.91 Å². The van der Waals surface area contributed by atoms with Gasteiger partial charge in [0.05, 0.1) is 13.2 Å². The molecule has 1 aliphatic carbocycles. The topological polar surface area (TPSA) is 65.1 Å². The molecule has 1 fully saturated rings. The van der Waals surface area contributed by atoms with Crippen molar-refractivity contribution >= 4 is 11.9 Å². The lowest BCUT2D eigenvalue weighted by Crippen LogP contribution is -2.32. The highest BCUT2D eigenvalue weighted by atomic mass is 16.7. The van der Waals surface area contributed by atoms with Gasteiger partial charge in [-0.3, -0.25) is 4.79 Å². The van der Waals surface area contributed by atoms with Crippen LogP contribution < -0.4 is 0 Å². The summed E-state index contributed by atoms with van der Waals surface area (Å²) in [6, 6.07) is 0. The van der Waals surface area contributed by atoms with Gasteiger partial charge in [-0.15, -0.1) is 0 Å². The predicted octanol–water partition coefficient (Wildman–Crippen LogP) is 1.97. The molecule has 6 heteroatoms. The van der Waals surface area contributed by atoms with Gasteiger partial charge in [-0.2, -0.15) is 0 Å². The Morgan fingerprint density at radius 1 is 1.29 bits per heavy atom. The first-order valence-corrected chi connectivity index (χ1v) is 8.15. The lowest BCUT2D eigenvalue weighted by molar-refractivity contribution is -0.162. The summed E-state index contributed by atoms with van der Waals surface area (Å²) in [7, 11) is 3.32. The highest BCUT2D eigenvalue weighted by Crippen LogP contribution is 2.36. The number of hydrogen-bond acceptors (Lipinski definition) is 5. The van der Waals surface area contributed by atoms with Crippen molar-refractivity contribution in [3.8, 4) is 0 Å². The quantitative estimate of drug-likeness (QED) is 0.568. The first-order chi connectivity index (χ1) is 11.4. The summed E-state index contributed by atoms with van der Waals surface area (Å²) < 4.78 is 16.6. The molecular weight excluding hydrogens is 310 g/mol. The summed E-state index contributed by atoms with van der Waals surface area (Å²) in [4.78, 5) is 24.7. The smallest absolute Gasteiger partial charge is 0.331 e. The van der Waals surface area contributed by atoms with Gasteiger partial charge in [0.1, 0.15) is 6.10 Å². The molecule has 1 aliphatic heterocycles. The van der Waals surface area contributed by atoms with Crippen molar-refractivity contribution in [2.24, 2.45) is 0 Å². The number of esters is 1.